The standard InChI is InChI=1S/C17H20N2O2/c1-12-4-8-16(9-5-12)14(3)18-11-15-7-6-13(2)17(10-15)19(20)21/h4-10,14,18H,11H2,1-3H3. The Morgan fingerprint density at radius 3 is 2.43 bits per heavy atom. The molecule has 2 aromatic rings. The molecule has 0 spiro atoms. The second kappa shape index (κ2) is 6.50. The van der Waals surface area contributed by atoms with E-state index in [4.69, 9.17) is 0 Å². The first-order valence-corrected chi connectivity index (χ1v) is 7.01. The molecule has 0 saturated heterocycles. The molecule has 0 radical (unpaired) electrons. The van der Waals surface area contributed by atoms with Crippen molar-refractivity contribution in [3.05, 3.63) is 74.8 Å². The molecule has 2 aromatic carbocycles. The Morgan fingerprint density at radius 2 is 1.81 bits per heavy atom. The summed E-state index contributed by atoms with van der Waals surface area (Å²) in [6.45, 7) is 6.51. The highest BCUT2D eigenvalue weighted by Crippen LogP contribution is 2.20. The minimum absolute atomic E-state index is 0.178. The van der Waals surface area contributed by atoms with Gasteiger partial charge in [-0.15, -0.1) is 0 Å². The van der Waals surface area contributed by atoms with Gasteiger partial charge in [0, 0.05) is 24.2 Å². The molecule has 1 unspecified atom stereocenters. The second-order valence-electron chi connectivity index (χ2n) is 5.39. The first-order chi connectivity index (χ1) is 9.97. The zero-order valence-corrected chi connectivity index (χ0v) is 12.6. The number of nitro groups is 1. The van der Waals surface area contributed by atoms with Crippen molar-refractivity contribution in [3.8, 4) is 0 Å². The molecule has 0 saturated carbocycles. The summed E-state index contributed by atoms with van der Waals surface area (Å²) in [5.41, 5.74) is 4.24. The van der Waals surface area contributed by atoms with Gasteiger partial charge in [-0.1, -0.05) is 42.0 Å². The Balaban J connectivity index is 2.04. The number of hydrogen-bond acceptors (Lipinski definition) is 3. The van der Waals surface area contributed by atoms with Gasteiger partial charge < -0.3 is 5.32 Å². The summed E-state index contributed by atoms with van der Waals surface area (Å²) >= 11 is 0. The van der Waals surface area contributed by atoms with E-state index in [9.17, 15) is 10.1 Å². The van der Waals surface area contributed by atoms with E-state index >= 15 is 0 Å². The molecule has 1 atom stereocenters. The summed E-state index contributed by atoms with van der Waals surface area (Å²) in [5, 5.41) is 14.3. The van der Waals surface area contributed by atoms with E-state index < -0.39 is 0 Å². The summed E-state index contributed by atoms with van der Waals surface area (Å²) < 4.78 is 0. The van der Waals surface area contributed by atoms with Gasteiger partial charge in [-0.2, -0.15) is 0 Å². The Kier molecular flexibility index (Phi) is 4.70. The van der Waals surface area contributed by atoms with Gasteiger partial charge in [0.15, 0.2) is 0 Å². The minimum atomic E-state index is -0.331. The van der Waals surface area contributed by atoms with Gasteiger partial charge in [-0.3, -0.25) is 10.1 Å². The molecule has 21 heavy (non-hydrogen) atoms. The van der Waals surface area contributed by atoms with Crippen molar-refractivity contribution in [2.45, 2.75) is 33.4 Å². The van der Waals surface area contributed by atoms with Crippen LogP contribution in [0.25, 0.3) is 0 Å². The number of hydrogen-bond donors (Lipinski definition) is 1. The summed E-state index contributed by atoms with van der Waals surface area (Å²) in [7, 11) is 0. The molecule has 4 heteroatoms. The van der Waals surface area contributed by atoms with Crippen molar-refractivity contribution in [1.82, 2.24) is 5.32 Å². The highest BCUT2D eigenvalue weighted by atomic mass is 16.6. The number of rotatable bonds is 5. The highest BCUT2D eigenvalue weighted by molar-refractivity contribution is 5.42. The van der Waals surface area contributed by atoms with Gasteiger partial charge >= 0.3 is 0 Å². The lowest BCUT2D eigenvalue weighted by Gasteiger charge is -2.14. The minimum Gasteiger partial charge on any atom is -0.306 e. The lowest BCUT2D eigenvalue weighted by molar-refractivity contribution is -0.385. The van der Waals surface area contributed by atoms with Crippen molar-refractivity contribution in [1.29, 1.82) is 0 Å². The SMILES string of the molecule is Cc1ccc(C(C)NCc2ccc(C)c([N+](=O)[O-])c2)cc1. The van der Waals surface area contributed by atoms with Crippen LogP contribution in [0.2, 0.25) is 0 Å². The predicted octanol–water partition coefficient (Wildman–Crippen LogP) is 4.06. The predicted molar refractivity (Wildman–Crippen MR) is 84.3 cm³/mol. The van der Waals surface area contributed by atoms with Crippen molar-refractivity contribution in [2.75, 3.05) is 0 Å². The van der Waals surface area contributed by atoms with Crippen LogP contribution in [0.3, 0.4) is 0 Å². The van der Waals surface area contributed by atoms with Crippen LogP contribution in [-0.2, 0) is 6.54 Å². The molecule has 0 aromatic heterocycles. The van der Waals surface area contributed by atoms with Crippen LogP contribution in [0.15, 0.2) is 42.5 Å². The molecule has 1 N–H and O–H groups in total. The van der Waals surface area contributed by atoms with E-state index in [-0.39, 0.29) is 16.7 Å². The average Bonchev–Trinajstić information content (AvgIpc) is 2.46. The van der Waals surface area contributed by atoms with E-state index in [1.54, 1.807) is 19.1 Å². The zero-order chi connectivity index (χ0) is 15.4. The normalized spacial score (nSPS) is 12.1. The molecule has 0 amide bonds. The van der Waals surface area contributed by atoms with Crippen molar-refractivity contribution >= 4 is 5.69 Å². The van der Waals surface area contributed by atoms with E-state index in [2.05, 4.69) is 43.4 Å². The molecule has 0 fully saturated rings. The van der Waals surface area contributed by atoms with Crippen molar-refractivity contribution in [3.63, 3.8) is 0 Å². The smallest absolute Gasteiger partial charge is 0.272 e. The van der Waals surface area contributed by atoms with Crippen LogP contribution in [-0.4, -0.2) is 4.92 Å². The third-order valence-corrected chi connectivity index (χ3v) is 3.66. The molecule has 0 aliphatic carbocycles. The molecule has 0 bridgehead atoms. The number of nitrogens with one attached hydrogen (secondary N) is 1. The first kappa shape index (κ1) is 15.2. The zero-order valence-electron chi connectivity index (χ0n) is 12.6. The van der Waals surface area contributed by atoms with E-state index in [0.29, 0.717) is 12.1 Å². The van der Waals surface area contributed by atoms with Crippen LogP contribution in [0.1, 0.15) is 35.2 Å². The second-order valence-corrected chi connectivity index (χ2v) is 5.39. The monoisotopic (exact) mass is 284 g/mol. The van der Waals surface area contributed by atoms with Crippen LogP contribution >= 0.6 is 0 Å². The number of nitro benzene ring substituents is 1. The average molecular weight is 284 g/mol. The molecule has 0 aliphatic rings. The summed E-state index contributed by atoms with van der Waals surface area (Å²) in [5.74, 6) is 0. The maximum Gasteiger partial charge on any atom is 0.272 e. The molecular weight excluding hydrogens is 264 g/mol. The van der Waals surface area contributed by atoms with Crippen LogP contribution < -0.4 is 5.32 Å². The van der Waals surface area contributed by atoms with Gasteiger partial charge in [0.25, 0.3) is 5.69 Å². The van der Waals surface area contributed by atoms with E-state index in [0.717, 1.165) is 5.56 Å². The number of benzene rings is 2. The summed E-state index contributed by atoms with van der Waals surface area (Å²) in [4.78, 5) is 10.6. The topological polar surface area (TPSA) is 55.2 Å². The fourth-order valence-corrected chi connectivity index (χ4v) is 2.21. The van der Waals surface area contributed by atoms with Crippen molar-refractivity contribution < 1.29 is 4.92 Å². The first-order valence-electron chi connectivity index (χ1n) is 7.01. The Labute approximate surface area is 125 Å². The third-order valence-electron chi connectivity index (χ3n) is 3.66. The highest BCUT2D eigenvalue weighted by Gasteiger charge is 2.11. The Bertz CT molecular complexity index is 636. The molecular formula is C17H20N2O2. The van der Waals surface area contributed by atoms with Crippen LogP contribution in [0.5, 0.6) is 0 Å². The van der Waals surface area contributed by atoms with E-state index in [1.807, 2.05) is 6.07 Å². The lowest BCUT2D eigenvalue weighted by Crippen LogP contribution is -2.18. The maximum absolute atomic E-state index is 11.0. The quantitative estimate of drug-likeness (QED) is 0.665. The maximum atomic E-state index is 11.0. The number of aryl methyl sites for hydroxylation is 2. The molecule has 110 valence electrons. The Hall–Kier alpha value is -2.20. The lowest BCUT2D eigenvalue weighted by atomic mass is 10.1. The van der Waals surface area contributed by atoms with E-state index in [1.165, 1.54) is 11.1 Å². The molecule has 4 nitrogen and oxygen atoms in total. The molecule has 2 rings (SSSR count). The van der Waals surface area contributed by atoms with Gasteiger partial charge in [0.1, 0.15) is 0 Å². The summed E-state index contributed by atoms with van der Waals surface area (Å²) in [6.07, 6.45) is 0. The van der Waals surface area contributed by atoms with Gasteiger partial charge in [-0.25, -0.2) is 0 Å². The number of nitrogens with zero attached hydrogens (tertiary/aromatic N) is 1. The van der Waals surface area contributed by atoms with Gasteiger partial charge in [-0.05, 0) is 31.9 Å². The molecule has 0 heterocycles. The van der Waals surface area contributed by atoms with Gasteiger partial charge in [0.05, 0.1) is 4.92 Å². The molecule has 0 aliphatic heterocycles. The van der Waals surface area contributed by atoms with Crippen molar-refractivity contribution in [2.24, 2.45) is 0 Å². The fourth-order valence-electron chi connectivity index (χ4n) is 2.21. The largest absolute Gasteiger partial charge is 0.306 e. The fraction of sp³-hybridized carbons (Fsp3) is 0.294. The van der Waals surface area contributed by atoms with Crippen LogP contribution in [0.4, 0.5) is 5.69 Å². The van der Waals surface area contributed by atoms with Crippen LogP contribution in [0, 0.1) is 24.0 Å². The summed E-state index contributed by atoms with van der Waals surface area (Å²) in [6, 6.07) is 13.9. The Morgan fingerprint density at radius 1 is 1.14 bits per heavy atom. The third kappa shape index (κ3) is 3.89. The van der Waals surface area contributed by atoms with Gasteiger partial charge in [0.2, 0.25) is 0 Å².